The lowest BCUT2D eigenvalue weighted by Crippen LogP contribution is -2.09. The molecule has 1 unspecified atom stereocenters. The molecule has 2 nitrogen and oxygen atoms in total. The Bertz CT molecular complexity index is 135. The largest absolute Gasteiger partial charge is 0.508 e. The van der Waals surface area contributed by atoms with Gasteiger partial charge in [0.25, 0.3) is 0 Å². The van der Waals surface area contributed by atoms with Crippen molar-refractivity contribution >= 4 is 0 Å². The minimum atomic E-state index is -0.198. The molecular weight excluding hydrogens is 104 g/mol. The van der Waals surface area contributed by atoms with E-state index in [1.54, 1.807) is 6.92 Å². The Morgan fingerprint density at radius 1 is 1.88 bits per heavy atom. The van der Waals surface area contributed by atoms with Crippen LogP contribution in [-0.4, -0.2) is 11.2 Å². The number of aliphatic hydroxyl groups excluding tert-OH is 1. The van der Waals surface area contributed by atoms with Crippen LogP contribution in [0.15, 0.2) is 18.1 Å². The molecule has 0 fully saturated rings. The molecule has 1 N–H and O–H groups in total. The van der Waals surface area contributed by atoms with Crippen molar-refractivity contribution in [3.8, 4) is 0 Å². The van der Waals surface area contributed by atoms with Gasteiger partial charge in [-0.05, 0) is 13.0 Å². The molecule has 8 heavy (non-hydrogen) atoms. The third-order valence-corrected chi connectivity index (χ3v) is 0.988. The minimum absolute atomic E-state index is 0.198. The van der Waals surface area contributed by atoms with Gasteiger partial charge in [-0.3, -0.25) is 0 Å². The summed E-state index contributed by atoms with van der Waals surface area (Å²) in [6.07, 6.45) is 5.34. The van der Waals surface area contributed by atoms with Crippen molar-refractivity contribution in [3.63, 3.8) is 0 Å². The highest BCUT2D eigenvalue weighted by molar-refractivity contribution is 5.06. The molecule has 1 aliphatic heterocycles. The zero-order valence-electron chi connectivity index (χ0n) is 4.59. The molecule has 0 aliphatic carbocycles. The Hall–Kier alpha value is -0.920. The average Bonchev–Trinajstić information content (AvgIpc) is 1.77. The summed E-state index contributed by atoms with van der Waals surface area (Å²) in [5, 5.41) is 8.83. The molecular formula is C6H7O2. The first kappa shape index (κ1) is 5.22. The van der Waals surface area contributed by atoms with E-state index in [2.05, 4.69) is 6.08 Å². The van der Waals surface area contributed by atoms with E-state index in [1.165, 1.54) is 12.3 Å². The van der Waals surface area contributed by atoms with Gasteiger partial charge in [0.1, 0.15) is 5.76 Å². The Labute approximate surface area is 48.1 Å². The molecule has 1 heterocycles. The van der Waals surface area contributed by atoms with Crippen LogP contribution < -0.4 is 0 Å². The highest BCUT2D eigenvalue weighted by atomic mass is 16.5. The molecule has 1 rings (SSSR count). The first-order chi connectivity index (χ1) is 3.80. The van der Waals surface area contributed by atoms with Crippen molar-refractivity contribution in [2.24, 2.45) is 0 Å². The van der Waals surface area contributed by atoms with Crippen molar-refractivity contribution in [1.82, 2.24) is 0 Å². The Balaban J connectivity index is 2.66. The summed E-state index contributed by atoms with van der Waals surface area (Å²) < 4.78 is 4.84. The first-order valence-corrected chi connectivity index (χ1v) is 2.43. The lowest BCUT2D eigenvalue weighted by Gasteiger charge is -2.11. The molecule has 0 spiro atoms. The molecule has 0 saturated heterocycles. The maximum absolute atomic E-state index is 8.83. The van der Waals surface area contributed by atoms with Crippen molar-refractivity contribution in [2.45, 2.75) is 13.0 Å². The summed E-state index contributed by atoms with van der Waals surface area (Å²) in [4.78, 5) is 0. The molecule has 0 aromatic heterocycles. The summed E-state index contributed by atoms with van der Waals surface area (Å²) in [6, 6.07) is 0. The summed E-state index contributed by atoms with van der Waals surface area (Å²) in [7, 11) is 0. The van der Waals surface area contributed by atoms with Gasteiger partial charge in [0.2, 0.25) is 0 Å². The minimum Gasteiger partial charge on any atom is -0.508 e. The van der Waals surface area contributed by atoms with Gasteiger partial charge in [0.15, 0.2) is 6.10 Å². The monoisotopic (exact) mass is 111 g/mol. The second-order valence-electron chi connectivity index (χ2n) is 1.63. The molecule has 0 aromatic rings. The van der Waals surface area contributed by atoms with Crippen LogP contribution in [0.3, 0.4) is 0 Å². The summed E-state index contributed by atoms with van der Waals surface area (Å²) in [5.74, 6) is 0.229. The highest BCUT2D eigenvalue weighted by Gasteiger charge is 2.06. The molecule has 2 heteroatoms. The molecule has 1 aliphatic rings. The molecule has 43 valence electrons. The van der Waals surface area contributed by atoms with Gasteiger partial charge in [0, 0.05) is 6.08 Å². The van der Waals surface area contributed by atoms with Crippen LogP contribution in [0.25, 0.3) is 0 Å². The van der Waals surface area contributed by atoms with Crippen LogP contribution in [0.4, 0.5) is 0 Å². The van der Waals surface area contributed by atoms with Gasteiger partial charge in [-0.25, -0.2) is 0 Å². The van der Waals surface area contributed by atoms with E-state index in [-0.39, 0.29) is 11.9 Å². The Kier molecular flexibility index (Phi) is 1.24. The van der Waals surface area contributed by atoms with Gasteiger partial charge >= 0.3 is 0 Å². The zero-order valence-corrected chi connectivity index (χ0v) is 4.59. The SMILES string of the molecule is CC1OC=[C]C=C1O. The van der Waals surface area contributed by atoms with E-state index in [1.807, 2.05) is 0 Å². The summed E-state index contributed by atoms with van der Waals surface area (Å²) in [6.45, 7) is 1.77. The van der Waals surface area contributed by atoms with Gasteiger partial charge in [-0.2, -0.15) is 0 Å². The third-order valence-electron chi connectivity index (χ3n) is 0.988. The second-order valence-corrected chi connectivity index (χ2v) is 1.63. The number of hydrogen-bond acceptors (Lipinski definition) is 2. The fourth-order valence-corrected chi connectivity index (χ4v) is 0.448. The smallest absolute Gasteiger partial charge is 0.151 e. The Morgan fingerprint density at radius 3 is 3.00 bits per heavy atom. The van der Waals surface area contributed by atoms with Gasteiger partial charge in [-0.15, -0.1) is 0 Å². The van der Waals surface area contributed by atoms with E-state index in [4.69, 9.17) is 9.84 Å². The van der Waals surface area contributed by atoms with Crippen LogP contribution in [0.1, 0.15) is 6.92 Å². The molecule has 0 aromatic carbocycles. The fourth-order valence-electron chi connectivity index (χ4n) is 0.448. The summed E-state index contributed by atoms with van der Waals surface area (Å²) in [5.41, 5.74) is 0. The van der Waals surface area contributed by atoms with Gasteiger partial charge in [0.05, 0.1) is 6.26 Å². The maximum atomic E-state index is 8.83. The van der Waals surface area contributed by atoms with Crippen LogP contribution in [-0.2, 0) is 4.74 Å². The molecule has 0 saturated carbocycles. The predicted octanol–water partition coefficient (Wildman–Crippen LogP) is 1.16. The van der Waals surface area contributed by atoms with Crippen LogP contribution in [0.5, 0.6) is 0 Å². The highest BCUT2D eigenvalue weighted by Crippen LogP contribution is 2.06. The van der Waals surface area contributed by atoms with Crippen molar-refractivity contribution in [2.75, 3.05) is 0 Å². The van der Waals surface area contributed by atoms with E-state index in [0.717, 1.165) is 0 Å². The van der Waals surface area contributed by atoms with Gasteiger partial charge in [-0.1, -0.05) is 0 Å². The molecule has 1 atom stereocenters. The molecule has 0 amide bonds. The number of aliphatic hydroxyl groups is 1. The van der Waals surface area contributed by atoms with Crippen LogP contribution >= 0.6 is 0 Å². The fraction of sp³-hybridized carbons (Fsp3) is 0.333. The first-order valence-electron chi connectivity index (χ1n) is 2.43. The maximum Gasteiger partial charge on any atom is 0.151 e. The quantitative estimate of drug-likeness (QED) is 0.508. The normalized spacial score (nSPS) is 26.6. The standard InChI is InChI=1S/C6H7O2/c1-5-6(7)3-2-4-8-5/h3-5,7H,1H3. The lowest BCUT2D eigenvalue weighted by molar-refractivity contribution is 0.137. The number of rotatable bonds is 0. The van der Waals surface area contributed by atoms with E-state index in [0.29, 0.717) is 0 Å². The van der Waals surface area contributed by atoms with Crippen LogP contribution in [0, 0.1) is 6.08 Å². The topological polar surface area (TPSA) is 29.5 Å². The molecule has 1 radical (unpaired) electrons. The zero-order chi connectivity index (χ0) is 5.98. The Morgan fingerprint density at radius 2 is 2.62 bits per heavy atom. The van der Waals surface area contributed by atoms with Crippen molar-refractivity contribution in [1.29, 1.82) is 0 Å². The predicted molar refractivity (Wildman–Crippen MR) is 29.1 cm³/mol. The number of ether oxygens (including phenoxy) is 1. The van der Waals surface area contributed by atoms with E-state index >= 15 is 0 Å². The van der Waals surface area contributed by atoms with Gasteiger partial charge < -0.3 is 9.84 Å². The van der Waals surface area contributed by atoms with Crippen molar-refractivity contribution in [3.05, 3.63) is 24.2 Å². The second kappa shape index (κ2) is 1.90. The summed E-state index contributed by atoms with van der Waals surface area (Å²) >= 11 is 0. The van der Waals surface area contributed by atoms with Crippen molar-refractivity contribution < 1.29 is 9.84 Å². The number of hydrogen-bond donors (Lipinski definition) is 1. The van der Waals surface area contributed by atoms with E-state index < -0.39 is 0 Å². The third kappa shape index (κ3) is 0.832. The average molecular weight is 111 g/mol. The lowest BCUT2D eigenvalue weighted by atomic mass is 10.3. The number of allylic oxidation sites excluding steroid dienone is 2. The van der Waals surface area contributed by atoms with Crippen LogP contribution in [0.2, 0.25) is 0 Å². The molecule has 0 bridgehead atoms. The van der Waals surface area contributed by atoms with E-state index in [9.17, 15) is 0 Å².